The SMILES string of the molecule is CC1(C(=O)O)COCCC1O. The first-order valence-electron chi connectivity index (χ1n) is 3.56. The first-order valence-corrected chi connectivity index (χ1v) is 3.56. The molecule has 11 heavy (non-hydrogen) atoms. The van der Waals surface area contributed by atoms with Gasteiger partial charge in [-0.05, 0) is 13.3 Å². The molecule has 0 aromatic carbocycles. The number of carboxylic acids is 1. The van der Waals surface area contributed by atoms with Crippen molar-refractivity contribution < 1.29 is 19.7 Å². The lowest BCUT2D eigenvalue weighted by Gasteiger charge is -2.33. The highest BCUT2D eigenvalue weighted by atomic mass is 16.5. The van der Waals surface area contributed by atoms with E-state index in [0.29, 0.717) is 13.0 Å². The van der Waals surface area contributed by atoms with Crippen molar-refractivity contribution >= 4 is 5.97 Å². The number of carbonyl (C=O) groups is 1. The van der Waals surface area contributed by atoms with Crippen molar-refractivity contribution in [2.24, 2.45) is 5.41 Å². The van der Waals surface area contributed by atoms with Crippen LogP contribution in [0.15, 0.2) is 0 Å². The fourth-order valence-corrected chi connectivity index (χ4v) is 1.10. The summed E-state index contributed by atoms with van der Waals surface area (Å²) < 4.78 is 4.98. The van der Waals surface area contributed by atoms with Gasteiger partial charge in [-0.25, -0.2) is 0 Å². The number of aliphatic carboxylic acids is 1. The number of ether oxygens (including phenoxy) is 1. The zero-order chi connectivity index (χ0) is 8.48. The van der Waals surface area contributed by atoms with Crippen molar-refractivity contribution in [1.29, 1.82) is 0 Å². The van der Waals surface area contributed by atoms with Gasteiger partial charge in [-0.3, -0.25) is 4.79 Å². The average Bonchev–Trinajstić information content (AvgIpc) is 1.95. The second-order valence-electron chi connectivity index (χ2n) is 3.08. The molecule has 1 aliphatic heterocycles. The van der Waals surface area contributed by atoms with Gasteiger partial charge in [-0.2, -0.15) is 0 Å². The van der Waals surface area contributed by atoms with Crippen LogP contribution in [-0.2, 0) is 9.53 Å². The van der Waals surface area contributed by atoms with Gasteiger partial charge >= 0.3 is 5.97 Å². The predicted molar refractivity (Wildman–Crippen MR) is 37.2 cm³/mol. The number of aliphatic hydroxyl groups excluding tert-OH is 1. The van der Waals surface area contributed by atoms with Crippen molar-refractivity contribution in [3.63, 3.8) is 0 Å². The molecule has 0 spiro atoms. The molecule has 0 saturated carbocycles. The maximum absolute atomic E-state index is 10.6. The molecule has 0 amide bonds. The van der Waals surface area contributed by atoms with Crippen LogP contribution in [0.5, 0.6) is 0 Å². The summed E-state index contributed by atoms with van der Waals surface area (Å²) in [6.45, 7) is 2.05. The minimum Gasteiger partial charge on any atom is -0.481 e. The van der Waals surface area contributed by atoms with Gasteiger partial charge in [0, 0.05) is 6.61 Å². The molecule has 1 aliphatic rings. The molecule has 64 valence electrons. The summed E-state index contributed by atoms with van der Waals surface area (Å²) in [6, 6.07) is 0. The van der Waals surface area contributed by atoms with Crippen LogP contribution in [0.25, 0.3) is 0 Å². The van der Waals surface area contributed by atoms with Gasteiger partial charge in [-0.1, -0.05) is 0 Å². The second kappa shape index (κ2) is 2.79. The Labute approximate surface area is 64.8 Å². The number of hydrogen-bond acceptors (Lipinski definition) is 3. The highest BCUT2D eigenvalue weighted by Gasteiger charge is 2.43. The standard InChI is InChI=1S/C7H12O4/c1-7(6(9)10)4-11-3-2-5(7)8/h5,8H,2-4H2,1H3,(H,9,10). The van der Waals surface area contributed by atoms with E-state index in [1.807, 2.05) is 0 Å². The van der Waals surface area contributed by atoms with Crippen LogP contribution in [0, 0.1) is 5.41 Å². The summed E-state index contributed by atoms with van der Waals surface area (Å²) in [5.74, 6) is -0.996. The van der Waals surface area contributed by atoms with Crippen molar-refractivity contribution in [3.8, 4) is 0 Å². The molecule has 0 radical (unpaired) electrons. The van der Waals surface area contributed by atoms with E-state index in [1.165, 1.54) is 6.92 Å². The molecular weight excluding hydrogens is 148 g/mol. The Morgan fingerprint density at radius 3 is 2.73 bits per heavy atom. The van der Waals surface area contributed by atoms with E-state index in [-0.39, 0.29) is 6.61 Å². The summed E-state index contributed by atoms with van der Waals surface area (Å²) >= 11 is 0. The van der Waals surface area contributed by atoms with Crippen LogP contribution in [0.1, 0.15) is 13.3 Å². The smallest absolute Gasteiger partial charge is 0.314 e. The maximum atomic E-state index is 10.6. The van der Waals surface area contributed by atoms with E-state index in [4.69, 9.17) is 9.84 Å². The molecule has 1 rings (SSSR count). The maximum Gasteiger partial charge on any atom is 0.314 e. The number of rotatable bonds is 1. The van der Waals surface area contributed by atoms with Gasteiger partial charge in [-0.15, -0.1) is 0 Å². The molecular formula is C7H12O4. The second-order valence-corrected chi connectivity index (χ2v) is 3.08. The molecule has 0 aliphatic carbocycles. The summed E-state index contributed by atoms with van der Waals surface area (Å²) in [4.78, 5) is 10.6. The molecule has 4 heteroatoms. The van der Waals surface area contributed by atoms with Crippen LogP contribution in [0.3, 0.4) is 0 Å². The van der Waals surface area contributed by atoms with Crippen molar-refractivity contribution in [2.75, 3.05) is 13.2 Å². The van der Waals surface area contributed by atoms with E-state index in [2.05, 4.69) is 0 Å². The third kappa shape index (κ3) is 1.36. The summed E-state index contributed by atoms with van der Waals surface area (Å²) in [5.41, 5.74) is -1.11. The summed E-state index contributed by atoms with van der Waals surface area (Å²) in [5, 5.41) is 18.1. The van der Waals surface area contributed by atoms with E-state index >= 15 is 0 Å². The Morgan fingerprint density at radius 1 is 1.73 bits per heavy atom. The van der Waals surface area contributed by atoms with Crippen molar-refractivity contribution in [2.45, 2.75) is 19.4 Å². The van der Waals surface area contributed by atoms with Crippen LogP contribution in [-0.4, -0.2) is 35.5 Å². The lowest BCUT2D eigenvalue weighted by atomic mass is 9.82. The van der Waals surface area contributed by atoms with E-state index < -0.39 is 17.5 Å². The highest BCUT2D eigenvalue weighted by Crippen LogP contribution is 2.28. The monoisotopic (exact) mass is 160 g/mol. The number of hydrogen-bond donors (Lipinski definition) is 2. The number of carboxylic acid groups (broad SMARTS) is 1. The lowest BCUT2D eigenvalue weighted by molar-refractivity contribution is -0.169. The van der Waals surface area contributed by atoms with Gasteiger partial charge in [0.25, 0.3) is 0 Å². The van der Waals surface area contributed by atoms with Crippen LogP contribution in [0.4, 0.5) is 0 Å². The average molecular weight is 160 g/mol. The molecule has 0 aromatic heterocycles. The highest BCUT2D eigenvalue weighted by molar-refractivity contribution is 5.75. The summed E-state index contributed by atoms with van der Waals surface area (Å²) in [6.07, 6.45) is -0.378. The van der Waals surface area contributed by atoms with Crippen LogP contribution in [0.2, 0.25) is 0 Å². The normalized spacial score (nSPS) is 38.5. The third-order valence-electron chi connectivity index (χ3n) is 2.16. The van der Waals surface area contributed by atoms with E-state index in [0.717, 1.165) is 0 Å². The van der Waals surface area contributed by atoms with Gasteiger partial charge in [0.1, 0.15) is 5.41 Å². The third-order valence-corrected chi connectivity index (χ3v) is 2.16. The van der Waals surface area contributed by atoms with E-state index in [1.54, 1.807) is 0 Å². The molecule has 2 unspecified atom stereocenters. The quantitative estimate of drug-likeness (QED) is 0.560. The largest absolute Gasteiger partial charge is 0.481 e. The molecule has 0 bridgehead atoms. The molecule has 1 saturated heterocycles. The fraction of sp³-hybridized carbons (Fsp3) is 0.857. The van der Waals surface area contributed by atoms with Crippen LogP contribution < -0.4 is 0 Å². The Balaban J connectivity index is 2.72. The molecule has 1 fully saturated rings. The Kier molecular flexibility index (Phi) is 2.15. The Hall–Kier alpha value is -0.610. The summed E-state index contributed by atoms with van der Waals surface area (Å²) in [7, 11) is 0. The molecule has 2 atom stereocenters. The fourth-order valence-electron chi connectivity index (χ4n) is 1.10. The topological polar surface area (TPSA) is 66.8 Å². The molecule has 1 heterocycles. The minimum atomic E-state index is -1.11. The van der Waals surface area contributed by atoms with Gasteiger partial charge in [0.05, 0.1) is 12.7 Å². The molecule has 2 N–H and O–H groups in total. The lowest BCUT2D eigenvalue weighted by Crippen LogP contribution is -2.47. The molecule has 4 nitrogen and oxygen atoms in total. The Morgan fingerprint density at radius 2 is 2.36 bits per heavy atom. The van der Waals surface area contributed by atoms with Gasteiger partial charge < -0.3 is 14.9 Å². The van der Waals surface area contributed by atoms with E-state index in [9.17, 15) is 9.90 Å². The zero-order valence-corrected chi connectivity index (χ0v) is 6.41. The first kappa shape index (κ1) is 8.49. The van der Waals surface area contributed by atoms with Crippen molar-refractivity contribution in [3.05, 3.63) is 0 Å². The van der Waals surface area contributed by atoms with Gasteiger partial charge in [0.15, 0.2) is 0 Å². The Bertz CT molecular complexity index is 168. The predicted octanol–water partition coefficient (Wildman–Crippen LogP) is -0.142. The van der Waals surface area contributed by atoms with Gasteiger partial charge in [0.2, 0.25) is 0 Å². The minimum absolute atomic E-state index is 0.101. The van der Waals surface area contributed by atoms with Crippen LogP contribution >= 0.6 is 0 Å². The zero-order valence-electron chi connectivity index (χ0n) is 6.41. The number of aliphatic hydroxyl groups is 1. The van der Waals surface area contributed by atoms with Crippen molar-refractivity contribution in [1.82, 2.24) is 0 Å². The first-order chi connectivity index (χ1) is 5.07. The molecule has 0 aromatic rings.